The monoisotopic (exact) mass is 586 g/mol. The minimum Gasteiger partial charge on any atom is -0.436 e. The molecule has 8 nitrogen and oxygen atoms in total. The van der Waals surface area contributed by atoms with Crippen LogP contribution >= 0.6 is 0 Å². The standard InChI is InChI=1S/C36H34N4O4/c1-23-9-19-29-31(21-23)43-35(39-29)25-11-15-27(16-12-25)37-33(41)7-5-3-4-6-8-34(42)38-28-17-13-26(14-18-28)36-40-30-20-10-24(2)22-32(30)44-36/h9-22H,3-8H2,1-2H3,(H,37,41)(H,38,42). The lowest BCUT2D eigenvalue weighted by atomic mass is 10.1. The van der Waals surface area contributed by atoms with Crippen LogP contribution in [-0.2, 0) is 9.59 Å². The fraction of sp³-hybridized carbons (Fsp3) is 0.222. The van der Waals surface area contributed by atoms with Crippen LogP contribution in [0.5, 0.6) is 0 Å². The molecule has 2 heterocycles. The summed E-state index contributed by atoms with van der Waals surface area (Å²) < 4.78 is 11.8. The minimum absolute atomic E-state index is 0.0239. The SMILES string of the molecule is Cc1ccc2nc(-c3ccc(NC(=O)CCCCCCC(=O)Nc4ccc(-c5nc6ccc(C)cc6o5)cc4)cc3)oc2c1. The molecule has 2 amide bonds. The number of carbonyl (C=O) groups excluding carboxylic acids is 2. The Kier molecular flexibility index (Phi) is 8.50. The van der Waals surface area contributed by atoms with E-state index in [-0.39, 0.29) is 11.8 Å². The molecule has 0 aliphatic rings. The number of unbranched alkanes of at least 4 members (excludes halogenated alkanes) is 3. The summed E-state index contributed by atoms with van der Waals surface area (Å²) >= 11 is 0. The predicted molar refractivity (Wildman–Crippen MR) is 173 cm³/mol. The first-order chi connectivity index (χ1) is 21.4. The van der Waals surface area contributed by atoms with Crippen molar-refractivity contribution < 1.29 is 18.4 Å². The Morgan fingerprint density at radius 3 is 1.39 bits per heavy atom. The van der Waals surface area contributed by atoms with E-state index < -0.39 is 0 Å². The maximum absolute atomic E-state index is 12.4. The van der Waals surface area contributed by atoms with Crippen molar-refractivity contribution in [2.75, 3.05) is 10.6 Å². The number of hydrogen-bond donors (Lipinski definition) is 2. The highest BCUT2D eigenvalue weighted by Crippen LogP contribution is 2.27. The van der Waals surface area contributed by atoms with E-state index in [0.29, 0.717) is 24.6 Å². The molecule has 6 aromatic rings. The molecular weight excluding hydrogens is 552 g/mol. The highest BCUT2D eigenvalue weighted by Gasteiger charge is 2.11. The molecule has 4 aromatic carbocycles. The largest absolute Gasteiger partial charge is 0.436 e. The summed E-state index contributed by atoms with van der Waals surface area (Å²) in [5.41, 5.74) is 8.58. The summed E-state index contributed by atoms with van der Waals surface area (Å²) in [7, 11) is 0. The molecule has 44 heavy (non-hydrogen) atoms. The third kappa shape index (κ3) is 7.03. The van der Waals surface area contributed by atoms with Gasteiger partial charge in [-0.3, -0.25) is 9.59 Å². The number of nitrogens with zero attached hydrogens (tertiary/aromatic N) is 2. The normalized spacial score (nSPS) is 11.2. The Bertz CT molecular complexity index is 1780. The fourth-order valence-corrected chi connectivity index (χ4v) is 5.07. The molecule has 0 aliphatic heterocycles. The lowest BCUT2D eigenvalue weighted by Crippen LogP contribution is -2.11. The number of fused-ring (bicyclic) bond motifs is 2. The van der Waals surface area contributed by atoms with Gasteiger partial charge < -0.3 is 19.5 Å². The topological polar surface area (TPSA) is 110 Å². The number of rotatable bonds is 11. The minimum atomic E-state index is -0.0239. The Morgan fingerprint density at radius 1 is 0.568 bits per heavy atom. The second-order valence-corrected chi connectivity index (χ2v) is 11.1. The molecule has 8 heteroatoms. The van der Waals surface area contributed by atoms with Crippen molar-refractivity contribution in [2.24, 2.45) is 0 Å². The molecule has 0 spiro atoms. The van der Waals surface area contributed by atoms with Gasteiger partial charge in [-0.15, -0.1) is 0 Å². The van der Waals surface area contributed by atoms with Gasteiger partial charge >= 0.3 is 0 Å². The van der Waals surface area contributed by atoms with Gasteiger partial charge in [0.1, 0.15) is 11.0 Å². The number of anilines is 2. The predicted octanol–water partition coefficient (Wildman–Crippen LogP) is 8.84. The zero-order chi connectivity index (χ0) is 30.5. The Hall–Kier alpha value is -5.24. The first-order valence-electron chi connectivity index (χ1n) is 14.9. The summed E-state index contributed by atoms with van der Waals surface area (Å²) in [5.74, 6) is 1.07. The number of nitrogens with one attached hydrogen (secondary N) is 2. The molecule has 222 valence electrons. The van der Waals surface area contributed by atoms with E-state index in [4.69, 9.17) is 8.83 Å². The van der Waals surface area contributed by atoms with Gasteiger partial charge in [-0.05, 0) is 111 Å². The average molecular weight is 587 g/mol. The molecule has 0 aliphatic carbocycles. The van der Waals surface area contributed by atoms with Gasteiger partial charge in [0.25, 0.3) is 0 Å². The van der Waals surface area contributed by atoms with Crippen LogP contribution < -0.4 is 10.6 Å². The molecule has 6 rings (SSSR count). The van der Waals surface area contributed by atoms with Crippen molar-refractivity contribution in [3.63, 3.8) is 0 Å². The van der Waals surface area contributed by atoms with Crippen LogP contribution in [0.2, 0.25) is 0 Å². The third-order valence-corrected chi connectivity index (χ3v) is 7.48. The van der Waals surface area contributed by atoms with E-state index in [1.807, 2.05) is 98.8 Å². The molecule has 2 aromatic heterocycles. The van der Waals surface area contributed by atoms with Gasteiger partial charge in [0.2, 0.25) is 23.6 Å². The van der Waals surface area contributed by atoms with Crippen LogP contribution in [0, 0.1) is 13.8 Å². The lowest BCUT2D eigenvalue weighted by molar-refractivity contribution is -0.117. The van der Waals surface area contributed by atoms with Crippen molar-refractivity contribution >= 4 is 45.4 Å². The van der Waals surface area contributed by atoms with Crippen molar-refractivity contribution in [1.29, 1.82) is 0 Å². The highest BCUT2D eigenvalue weighted by molar-refractivity contribution is 5.91. The molecule has 0 saturated carbocycles. The van der Waals surface area contributed by atoms with Crippen LogP contribution in [0.4, 0.5) is 11.4 Å². The van der Waals surface area contributed by atoms with Crippen molar-refractivity contribution in [2.45, 2.75) is 52.4 Å². The van der Waals surface area contributed by atoms with E-state index in [1.165, 1.54) is 0 Å². The number of carbonyl (C=O) groups is 2. The van der Waals surface area contributed by atoms with E-state index in [0.717, 1.165) is 81.5 Å². The van der Waals surface area contributed by atoms with Crippen LogP contribution in [0.1, 0.15) is 49.7 Å². The molecule has 0 fully saturated rings. The Morgan fingerprint density at radius 2 is 0.977 bits per heavy atom. The molecule has 0 bridgehead atoms. The number of hydrogen-bond acceptors (Lipinski definition) is 6. The zero-order valence-electron chi connectivity index (χ0n) is 24.9. The lowest BCUT2D eigenvalue weighted by Gasteiger charge is -2.07. The highest BCUT2D eigenvalue weighted by atomic mass is 16.4. The number of aryl methyl sites for hydroxylation is 2. The molecule has 0 atom stereocenters. The summed E-state index contributed by atoms with van der Waals surface area (Å²) in [6.45, 7) is 4.03. The first kappa shape index (κ1) is 28.9. The van der Waals surface area contributed by atoms with Gasteiger partial charge in [0, 0.05) is 35.3 Å². The summed E-state index contributed by atoms with van der Waals surface area (Å²) in [5, 5.41) is 5.90. The molecule has 2 N–H and O–H groups in total. The summed E-state index contributed by atoms with van der Waals surface area (Å²) in [4.78, 5) is 33.9. The summed E-state index contributed by atoms with van der Waals surface area (Å²) in [6.07, 6.45) is 4.18. The van der Waals surface area contributed by atoms with E-state index in [9.17, 15) is 9.59 Å². The second kappa shape index (κ2) is 13.0. The molecule has 0 saturated heterocycles. The van der Waals surface area contributed by atoms with E-state index >= 15 is 0 Å². The number of benzene rings is 4. The number of aromatic nitrogens is 2. The molecular formula is C36H34N4O4. The summed E-state index contributed by atoms with van der Waals surface area (Å²) in [6, 6.07) is 26.9. The maximum atomic E-state index is 12.4. The Balaban J connectivity index is 0.878. The van der Waals surface area contributed by atoms with Crippen LogP contribution in [-0.4, -0.2) is 21.8 Å². The quantitative estimate of drug-likeness (QED) is 0.147. The van der Waals surface area contributed by atoms with Crippen LogP contribution in [0.25, 0.3) is 45.1 Å². The van der Waals surface area contributed by atoms with Gasteiger partial charge in [-0.1, -0.05) is 25.0 Å². The van der Waals surface area contributed by atoms with Gasteiger partial charge in [-0.2, -0.15) is 0 Å². The first-order valence-corrected chi connectivity index (χ1v) is 14.9. The van der Waals surface area contributed by atoms with E-state index in [1.54, 1.807) is 0 Å². The van der Waals surface area contributed by atoms with Crippen molar-refractivity contribution in [1.82, 2.24) is 9.97 Å². The van der Waals surface area contributed by atoms with Gasteiger partial charge in [0.05, 0.1) is 0 Å². The van der Waals surface area contributed by atoms with Crippen molar-refractivity contribution in [3.8, 4) is 22.9 Å². The van der Waals surface area contributed by atoms with Gasteiger partial charge in [0.15, 0.2) is 11.2 Å². The van der Waals surface area contributed by atoms with E-state index in [2.05, 4.69) is 20.6 Å². The zero-order valence-corrected chi connectivity index (χ0v) is 24.9. The smallest absolute Gasteiger partial charge is 0.227 e. The maximum Gasteiger partial charge on any atom is 0.227 e. The van der Waals surface area contributed by atoms with Crippen LogP contribution in [0.3, 0.4) is 0 Å². The van der Waals surface area contributed by atoms with Gasteiger partial charge in [-0.25, -0.2) is 9.97 Å². The average Bonchev–Trinajstić information content (AvgIpc) is 3.63. The van der Waals surface area contributed by atoms with Crippen LogP contribution in [0.15, 0.2) is 93.8 Å². The number of oxazole rings is 2. The van der Waals surface area contributed by atoms with Crippen molar-refractivity contribution in [3.05, 3.63) is 96.1 Å². The fourth-order valence-electron chi connectivity index (χ4n) is 5.07. The molecule has 0 unspecified atom stereocenters. The Labute approximate surface area is 255 Å². The molecule has 0 radical (unpaired) electrons. The second-order valence-electron chi connectivity index (χ2n) is 11.1. The third-order valence-electron chi connectivity index (χ3n) is 7.48. The number of amides is 2.